The summed E-state index contributed by atoms with van der Waals surface area (Å²) in [7, 11) is 0. The van der Waals surface area contributed by atoms with E-state index in [1.165, 1.54) is 5.56 Å². The van der Waals surface area contributed by atoms with Crippen molar-refractivity contribution in [1.82, 2.24) is 24.9 Å². The Kier molecular flexibility index (Phi) is 4.23. The molecule has 0 amide bonds. The van der Waals surface area contributed by atoms with E-state index in [2.05, 4.69) is 42.7 Å². The van der Waals surface area contributed by atoms with Crippen LogP contribution < -0.4 is 15.5 Å². The molecule has 1 saturated heterocycles. The number of hydrogen-bond donors (Lipinski definition) is 2. The summed E-state index contributed by atoms with van der Waals surface area (Å²) in [4.78, 5) is 26.1. The van der Waals surface area contributed by atoms with Crippen molar-refractivity contribution in [3.05, 3.63) is 54.4 Å². The largest absolute Gasteiger partial charge is 0.382 e. The van der Waals surface area contributed by atoms with Gasteiger partial charge in [-0.25, -0.2) is 19.9 Å². The highest BCUT2D eigenvalue weighted by Crippen LogP contribution is 2.26. The number of aryl methyl sites for hydroxylation is 1. The number of H-pyrrole nitrogens is 1. The van der Waals surface area contributed by atoms with Gasteiger partial charge in [-0.2, -0.15) is 0 Å². The highest BCUT2D eigenvalue weighted by Gasteiger charge is 2.21. The normalized spacial score (nSPS) is 14.5. The number of nitrogens with two attached hydrogens (primary N) is 1. The fraction of sp³-hybridized carbons (Fsp3) is 0.238. The molecule has 1 aromatic carbocycles. The van der Waals surface area contributed by atoms with Crippen LogP contribution in [0.25, 0.3) is 22.6 Å². The van der Waals surface area contributed by atoms with Crippen molar-refractivity contribution >= 4 is 28.5 Å². The molecule has 1 aliphatic rings. The second kappa shape index (κ2) is 7.05. The number of fused-ring (bicyclic) bond motifs is 1. The molecule has 8 heteroatoms. The summed E-state index contributed by atoms with van der Waals surface area (Å²) >= 11 is 0. The van der Waals surface area contributed by atoms with Crippen LogP contribution in [0.4, 0.5) is 17.5 Å². The molecule has 3 aromatic heterocycles. The number of benzene rings is 1. The molecule has 1 fully saturated rings. The molecule has 0 bridgehead atoms. The summed E-state index contributed by atoms with van der Waals surface area (Å²) in [6.07, 6.45) is 3.57. The predicted molar refractivity (Wildman–Crippen MR) is 119 cm³/mol. The molecule has 29 heavy (non-hydrogen) atoms. The van der Waals surface area contributed by atoms with E-state index in [1.54, 1.807) is 6.20 Å². The molecule has 150 valence electrons. The van der Waals surface area contributed by atoms with E-state index >= 15 is 0 Å². The second-order valence-electron chi connectivity index (χ2n) is 7.23. The van der Waals surface area contributed by atoms with Gasteiger partial charge in [-0.1, -0.05) is 12.1 Å². The first-order valence-electron chi connectivity index (χ1n) is 9.67. The Balaban J connectivity index is 0.00000136. The van der Waals surface area contributed by atoms with Gasteiger partial charge in [0.25, 0.3) is 0 Å². The van der Waals surface area contributed by atoms with Gasteiger partial charge < -0.3 is 20.5 Å². The molecule has 1 aliphatic heterocycles. The summed E-state index contributed by atoms with van der Waals surface area (Å²) in [5.74, 6) is 2.83. The Morgan fingerprint density at radius 2 is 1.76 bits per heavy atom. The lowest BCUT2D eigenvalue weighted by Crippen LogP contribution is -2.47. The quantitative estimate of drug-likeness (QED) is 0.554. The van der Waals surface area contributed by atoms with Crippen molar-refractivity contribution in [2.24, 2.45) is 0 Å². The van der Waals surface area contributed by atoms with E-state index in [4.69, 9.17) is 10.7 Å². The van der Waals surface area contributed by atoms with Crippen LogP contribution in [0.1, 0.15) is 8.42 Å². The Morgan fingerprint density at radius 3 is 2.52 bits per heavy atom. The molecular weight excluding hydrogens is 364 g/mol. The number of nitrogen functional groups attached to an aromatic ring is 1. The van der Waals surface area contributed by atoms with Gasteiger partial charge in [-0.15, -0.1) is 0 Å². The van der Waals surface area contributed by atoms with Crippen LogP contribution in [-0.2, 0) is 0 Å². The van der Waals surface area contributed by atoms with Gasteiger partial charge in [-0.05, 0) is 36.8 Å². The minimum absolute atomic E-state index is 0. The summed E-state index contributed by atoms with van der Waals surface area (Å²) in [5, 5.41) is 0. The number of anilines is 3. The standard InChI is InChI=1S/C21H22N8.2H2/c1-14-5-6-15-16(12-14)26-21(25-15)19-20(22)24-13-18(27-19)29-10-8-28(9-11-29)17-4-2-3-7-23-17;;/h2-7,12-13H,8-11H2,1H3,(H2,22,24)(H,25,26);2*1H. The van der Waals surface area contributed by atoms with Gasteiger partial charge in [0.05, 0.1) is 17.2 Å². The van der Waals surface area contributed by atoms with Gasteiger partial charge in [0, 0.05) is 35.2 Å². The Labute approximate surface area is 171 Å². The SMILES string of the molecule is Cc1ccc2nc(-c3nc(N4CCN(c5ccccn5)CC4)cnc3N)[nH]c2c1.[HH].[HH]. The first-order chi connectivity index (χ1) is 14.2. The molecule has 3 N–H and O–H groups in total. The minimum Gasteiger partial charge on any atom is -0.382 e. The van der Waals surface area contributed by atoms with Crippen LogP contribution in [0, 0.1) is 6.92 Å². The van der Waals surface area contributed by atoms with E-state index < -0.39 is 0 Å². The lowest BCUT2D eigenvalue weighted by Gasteiger charge is -2.36. The first-order valence-corrected chi connectivity index (χ1v) is 9.67. The zero-order valence-electron chi connectivity index (χ0n) is 16.2. The second-order valence-corrected chi connectivity index (χ2v) is 7.23. The highest BCUT2D eigenvalue weighted by atomic mass is 15.3. The Hall–Kier alpha value is -3.68. The van der Waals surface area contributed by atoms with E-state index in [-0.39, 0.29) is 2.85 Å². The topological polar surface area (TPSA) is 99.8 Å². The Morgan fingerprint density at radius 1 is 0.966 bits per heavy atom. The molecule has 0 saturated carbocycles. The van der Waals surface area contributed by atoms with Crippen molar-refractivity contribution in [1.29, 1.82) is 0 Å². The molecule has 4 aromatic rings. The molecule has 0 unspecified atom stereocenters. The monoisotopic (exact) mass is 390 g/mol. The Bertz CT molecular complexity index is 1160. The van der Waals surface area contributed by atoms with Crippen LogP contribution in [0.15, 0.2) is 48.8 Å². The maximum Gasteiger partial charge on any atom is 0.161 e. The molecule has 0 atom stereocenters. The number of nitrogens with one attached hydrogen (secondary N) is 1. The molecule has 5 rings (SSSR count). The summed E-state index contributed by atoms with van der Waals surface area (Å²) in [6, 6.07) is 12.1. The fourth-order valence-corrected chi connectivity index (χ4v) is 3.66. The average molecular weight is 390 g/mol. The van der Waals surface area contributed by atoms with Gasteiger partial charge in [-0.3, -0.25) is 0 Å². The summed E-state index contributed by atoms with van der Waals surface area (Å²) in [5.41, 5.74) is 9.75. The summed E-state index contributed by atoms with van der Waals surface area (Å²) < 4.78 is 0. The van der Waals surface area contributed by atoms with Crippen molar-refractivity contribution in [2.45, 2.75) is 6.92 Å². The third-order valence-electron chi connectivity index (χ3n) is 5.23. The first kappa shape index (κ1) is 17.4. The molecule has 4 heterocycles. The van der Waals surface area contributed by atoms with E-state index in [1.807, 2.05) is 36.5 Å². The lowest BCUT2D eigenvalue weighted by molar-refractivity contribution is 0.641. The van der Waals surface area contributed by atoms with Crippen molar-refractivity contribution in [3.8, 4) is 11.5 Å². The average Bonchev–Trinajstić information content (AvgIpc) is 3.18. The van der Waals surface area contributed by atoms with E-state index in [0.717, 1.165) is 48.8 Å². The zero-order valence-corrected chi connectivity index (χ0v) is 16.2. The number of piperazine rings is 1. The van der Waals surface area contributed by atoms with E-state index in [9.17, 15) is 0 Å². The minimum atomic E-state index is 0. The number of aromatic nitrogens is 5. The molecule has 8 nitrogen and oxygen atoms in total. The van der Waals surface area contributed by atoms with Crippen LogP contribution >= 0.6 is 0 Å². The van der Waals surface area contributed by atoms with Crippen molar-refractivity contribution < 1.29 is 2.85 Å². The number of rotatable bonds is 3. The lowest BCUT2D eigenvalue weighted by atomic mass is 10.2. The number of pyridine rings is 1. The van der Waals surface area contributed by atoms with Gasteiger partial charge in [0.2, 0.25) is 0 Å². The van der Waals surface area contributed by atoms with Crippen molar-refractivity contribution in [3.63, 3.8) is 0 Å². The van der Waals surface area contributed by atoms with Crippen LogP contribution in [0.5, 0.6) is 0 Å². The molecule has 0 radical (unpaired) electrons. The number of nitrogens with zero attached hydrogens (tertiary/aromatic N) is 6. The molecule has 0 aliphatic carbocycles. The van der Waals surface area contributed by atoms with Gasteiger partial charge >= 0.3 is 0 Å². The molecular formula is C21H26N8. The predicted octanol–water partition coefficient (Wildman–Crippen LogP) is 3.12. The third kappa shape index (κ3) is 3.33. The maximum absolute atomic E-state index is 6.13. The fourth-order valence-electron chi connectivity index (χ4n) is 3.66. The van der Waals surface area contributed by atoms with Crippen LogP contribution in [0.2, 0.25) is 0 Å². The summed E-state index contributed by atoms with van der Waals surface area (Å²) in [6.45, 7) is 5.49. The number of aromatic amines is 1. The van der Waals surface area contributed by atoms with E-state index in [0.29, 0.717) is 17.3 Å². The van der Waals surface area contributed by atoms with Gasteiger partial charge in [0.1, 0.15) is 11.6 Å². The van der Waals surface area contributed by atoms with Gasteiger partial charge in [0.15, 0.2) is 17.3 Å². The van der Waals surface area contributed by atoms with Crippen molar-refractivity contribution in [2.75, 3.05) is 41.7 Å². The number of imidazole rings is 1. The third-order valence-corrected chi connectivity index (χ3v) is 5.23. The highest BCUT2D eigenvalue weighted by molar-refractivity contribution is 5.81. The molecule has 0 spiro atoms. The van der Waals surface area contributed by atoms with Crippen LogP contribution in [0.3, 0.4) is 0 Å². The smallest absolute Gasteiger partial charge is 0.161 e. The zero-order chi connectivity index (χ0) is 19.8. The van der Waals surface area contributed by atoms with Crippen LogP contribution in [-0.4, -0.2) is 51.1 Å². The maximum atomic E-state index is 6.13. The number of hydrogen-bond acceptors (Lipinski definition) is 7.